The van der Waals surface area contributed by atoms with E-state index in [0.717, 1.165) is 62.2 Å². The SMILES string of the molecule is CCc1nnc([C@]23CCC[C@H]2CN(C(=O)c2cn[nH]c2C2CC2)C3)o1. The first kappa shape index (κ1) is 15.1. The molecule has 132 valence electrons. The molecule has 0 aromatic carbocycles. The number of rotatable bonds is 4. The number of H-pyrrole nitrogens is 1. The van der Waals surface area contributed by atoms with E-state index in [1.54, 1.807) is 6.20 Å². The second kappa shape index (κ2) is 5.41. The van der Waals surface area contributed by atoms with Gasteiger partial charge < -0.3 is 9.32 Å². The van der Waals surface area contributed by atoms with E-state index in [-0.39, 0.29) is 11.3 Å². The van der Waals surface area contributed by atoms with Gasteiger partial charge in [-0.15, -0.1) is 10.2 Å². The number of nitrogens with zero attached hydrogens (tertiary/aromatic N) is 4. The predicted molar refractivity (Wildman–Crippen MR) is 89.2 cm³/mol. The molecule has 1 saturated heterocycles. The molecule has 3 heterocycles. The zero-order chi connectivity index (χ0) is 17.0. The van der Waals surface area contributed by atoms with E-state index in [1.807, 2.05) is 11.8 Å². The Morgan fingerprint density at radius 2 is 2.28 bits per heavy atom. The maximum absolute atomic E-state index is 13.1. The van der Waals surface area contributed by atoms with Gasteiger partial charge in [-0.1, -0.05) is 13.3 Å². The molecule has 1 N–H and O–H groups in total. The van der Waals surface area contributed by atoms with Crippen LogP contribution in [-0.4, -0.2) is 44.3 Å². The summed E-state index contributed by atoms with van der Waals surface area (Å²) in [7, 11) is 0. The Hall–Kier alpha value is -2.18. The molecular weight excluding hydrogens is 318 g/mol. The first-order valence-electron chi connectivity index (χ1n) is 9.36. The molecule has 2 aromatic rings. The van der Waals surface area contributed by atoms with Gasteiger partial charge in [0.2, 0.25) is 11.8 Å². The molecule has 3 fully saturated rings. The van der Waals surface area contributed by atoms with Gasteiger partial charge in [0, 0.05) is 25.4 Å². The van der Waals surface area contributed by atoms with Gasteiger partial charge in [0.1, 0.15) is 0 Å². The van der Waals surface area contributed by atoms with E-state index in [1.165, 1.54) is 0 Å². The maximum Gasteiger partial charge on any atom is 0.257 e. The number of aromatic amines is 1. The predicted octanol–water partition coefficient (Wildman–Crippen LogP) is 2.43. The number of aryl methyl sites for hydroxylation is 1. The normalized spacial score (nSPS) is 28.5. The van der Waals surface area contributed by atoms with Crippen molar-refractivity contribution in [1.82, 2.24) is 25.3 Å². The number of amides is 1. The van der Waals surface area contributed by atoms with Crippen LogP contribution in [0.3, 0.4) is 0 Å². The minimum absolute atomic E-state index is 0.0969. The molecule has 0 spiro atoms. The van der Waals surface area contributed by atoms with E-state index in [4.69, 9.17) is 4.42 Å². The molecule has 25 heavy (non-hydrogen) atoms. The molecule has 2 aromatic heterocycles. The molecule has 7 nitrogen and oxygen atoms in total. The Balaban J connectivity index is 1.43. The summed E-state index contributed by atoms with van der Waals surface area (Å²) >= 11 is 0. The molecule has 2 atom stereocenters. The summed E-state index contributed by atoms with van der Waals surface area (Å²) in [5.74, 6) is 2.42. The summed E-state index contributed by atoms with van der Waals surface area (Å²) in [5, 5.41) is 15.7. The smallest absolute Gasteiger partial charge is 0.257 e. The first-order chi connectivity index (χ1) is 12.2. The van der Waals surface area contributed by atoms with Gasteiger partial charge in [0.15, 0.2) is 0 Å². The Bertz CT molecular complexity index is 808. The lowest BCUT2D eigenvalue weighted by Crippen LogP contribution is -2.35. The van der Waals surface area contributed by atoms with Crippen molar-refractivity contribution >= 4 is 5.91 Å². The van der Waals surface area contributed by atoms with Crippen molar-refractivity contribution in [3.05, 3.63) is 29.2 Å². The van der Waals surface area contributed by atoms with Gasteiger partial charge in [0.25, 0.3) is 5.91 Å². The number of carbonyl (C=O) groups excluding carboxylic acids is 1. The molecule has 7 heteroatoms. The van der Waals surface area contributed by atoms with Crippen molar-refractivity contribution in [2.75, 3.05) is 13.1 Å². The fourth-order valence-electron chi connectivity index (χ4n) is 4.71. The van der Waals surface area contributed by atoms with Crippen LogP contribution in [0.15, 0.2) is 10.6 Å². The zero-order valence-corrected chi connectivity index (χ0v) is 14.5. The Labute approximate surface area is 146 Å². The second-order valence-corrected chi connectivity index (χ2v) is 7.76. The highest BCUT2D eigenvalue weighted by atomic mass is 16.4. The quantitative estimate of drug-likeness (QED) is 0.923. The Morgan fingerprint density at radius 3 is 3.04 bits per heavy atom. The molecule has 0 radical (unpaired) electrons. The van der Waals surface area contributed by atoms with Gasteiger partial charge in [-0.05, 0) is 31.6 Å². The van der Waals surface area contributed by atoms with Gasteiger partial charge in [0.05, 0.1) is 22.9 Å². The largest absolute Gasteiger partial charge is 0.425 e. The number of fused-ring (bicyclic) bond motifs is 1. The molecular formula is C18H23N5O2. The second-order valence-electron chi connectivity index (χ2n) is 7.76. The number of hydrogen-bond donors (Lipinski definition) is 1. The minimum atomic E-state index is -0.153. The molecule has 2 aliphatic carbocycles. The fraction of sp³-hybridized carbons (Fsp3) is 0.667. The van der Waals surface area contributed by atoms with E-state index in [9.17, 15) is 4.79 Å². The van der Waals surface area contributed by atoms with E-state index < -0.39 is 0 Å². The zero-order valence-electron chi connectivity index (χ0n) is 14.5. The van der Waals surface area contributed by atoms with E-state index in [0.29, 0.717) is 24.3 Å². The lowest BCUT2D eigenvalue weighted by molar-refractivity contribution is 0.0774. The molecule has 3 aliphatic rings. The van der Waals surface area contributed by atoms with Crippen LogP contribution in [-0.2, 0) is 11.8 Å². The summed E-state index contributed by atoms with van der Waals surface area (Å²) in [4.78, 5) is 15.1. The van der Waals surface area contributed by atoms with Crippen LogP contribution < -0.4 is 0 Å². The van der Waals surface area contributed by atoms with E-state index >= 15 is 0 Å². The number of carbonyl (C=O) groups is 1. The van der Waals surface area contributed by atoms with Crippen molar-refractivity contribution in [3.8, 4) is 0 Å². The molecule has 0 bridgehead atoms. The maximum atomic E-state index is 13.1. The minimum Gasteiger partial charge on any atom is -0.425 e. The number of aromatic nitrogens is 4. The lowest BCUT2D eigenvalue weighted by atomic mass is 9.80. The average Bonchev–Trinajstić information content (AvgIpc) is 3.05. The van der Waals surface area contributed by atoms with Crippen molar-refractivity contribution in [2.24, 2.45) is 5.92 Å². The summed E-state index contributed by atoms with van der Waals surface area (Å²) in [6, 6.07) is 0. The summed E-state index contributed by atoms with van der Waals surface area (Å²) in [5.41, 5.74) is 1.61. The van der Waals surface area contributed by atoms with Crippen molar-refractivity contribution in [1.29, 1.82) is 0 Å². The van der Waals surface area contributed by atoms with Crippen LogP contribution in [0.1, 0.15) is 72.8 Å². The van der Waals surface area contributed by atoms with Crippen LogP contribution in [0.2, 0.25) is 0 Å². The third kappa shape index (κ3) is 2.24. The summed E-state index contributed by atoms with van der Waals surface area (Å²) in [6.45, 7) is 3.47. The van der Waals surface area contributed by atoms with Gasteiger partial charge in [-0.3, -0.25) is 9.89 Å². The van der Waals surface area contributed by atoms with Gasteiger partial charge >= 0.3 is 0 Å². The third-order valence-corrected chi connectivity index (χ3v) is 6.24. The van der Waals surface area contributed by atoms with Crippen molar-refractivity contribution < 1.29 is 9.21 Å². The number of hydrogen-bond acceptors (Lipinski definition) is 5. The Morgan fingerprint density at radius 1 is 1.40 bits per heavy atom. The third-order valence-electron chi connectivity index (χ3n) is 6.24. The number of likely N-dealkylation sites (tertiary alicyclic amines) is 1. The average molecular weight is 341 g/mol. The van der Waals surface area contributed by atoms with Gasteiger partial charge in [-0.25, -0.2) is 0 Å². The standard InChI is InChI=1S/C18H23N5O2/c1-2-14-20-22-17(25-14)18-7-3-4-12(18)9-23(10-18)16(24)13-8-19-21-15(13)11-5-6-11/h8,11-12H,2-7,9-10H2,1H3,(H,19,21)/t12-,18-/m0/s1. The molecule has 2 saturated carbocycles. The molecule has 0 unspecified atom stereocenters. The monoisotopic (exact) mass is 341 g/mol. The lowest BCUT2D eigenvalue weighted by Gasteiger charge is -2.24. The van der Waals surface area contributed by atoms with Crippen LogP contribution in [0.5, 0.6) is 0 Å². The van der Waals surface area contributed by atoms with Crippen LogP contribution in [0, 0.1) is 5.92 Å². The fourth-order valence-corrected chi connectivity index (χ4v) is 4.71. The highest BCUT2D eigenvalue weighted by Gasteiger charge is 2.55. The molecule has 1 amide bonds. The Kier molecular flexibility index (Phi) is 3.27. The first-order valence-corrected chi connectivity index (χ1v) is 9.36. The topological polar surface area (TPSA) is 87.9 Å². The summed E-state index contributed by atoms with van der Waals surface area (Å²) < 4.78 is 5.93. The molecule has 5 rings (SSSR count). The number of nitrogens with one attached hydrogen (secondary N) is 1. The van der Waals surface area contributed by atoms with Crippen LogP contribution in [0.25, 0.3) is 0 Å². The van der Waals surface area contributed by atoms with Crippen LogP contribution >= 0.6 is 0 Å². The highest BCUT2D eigenvalue weighted by Crippen LogP contribution is 2.50. The highest BCUT2D eigenvalue weighted by molar-refractivity contribution is 5.95. The van der Waals surface area contributed by atoms with Crippen LogP contribution in [0.4, 0.5) is 0 Å². The van der Waals surface area contributed by atoms with E-state index in [2.05, 4.69) is 20.4 Å². The van der Waals surface area contributed by atoms with Crippen molar-refractivity contribution in [2.45, 2.75) is 56.8 Å². The van der Waals surface area contributed by atoms with Gasteiger partial charge in [-0.2, -0.15) is 5.10 Å². The summed E-state index contributed by atoms with van der Waals surface area (Å²) in [6.07, 6.45) is 8.04. The molecule has 1 aliphatic heterocycles. The van der Waals surface area contributed by atoms with Crippen molar-refractivity contribution in [3.63, 3.8) is 0 Å².